The molecule has 1 aliphatic rings. The van der Waals surface area contributed by atoms with Crippen molar-refractivity contribution < 1.29 is 19.6 Å². The van der Waals surface area contributed by atoms with Crippen LogP contribution in [0.3, 0.4) is 0 Å². The van der Waals surface area contributed by atoms with Gasteiger partial charge in [0.25, 0.3) is 17.7 Å². The molecule has 3 amide bonds. The van der Waals surface area contributed by atoms with Gasteiger partial charge in [0.15, 0.2) is 5.13 Å². The smallest absolute Gasteiger partial charge is 0.283 e. The zero-order valence-corrected chi connectivity index (χ0v) is 22.7. The van der Waals surface area contributed by atoms with E-state index in [4.69, 9.17) is 16.8 Å². The van der Waals surface area contributed by atoms with E-state index < -0.39 is 17.7 Å². The Morgan fingerprint density at radius 1 is 1.02 bits per heavy atom. The van der Waals surface area contributed by atoms with Gasteiger partial charge in [-0.15, -0.1) is 11.3 Å². The van der Waals surface area contributed by atoms with E-state index in [0.29, 0.717) is 33.3 Å². The highest BCUT2D eigenvalue weighted by Crippen LogP contribution is 2.32. The first-order valence-corrected chi connectivity index (χ1v) is 13.1. The normalized spacial score (nSPS) is 13.2. The average Bonchev–Trinajstić information content (AvgIpc) is 3.48. The Labute approximate surface area is 237 Å². The Balaban J connectivity index is 1.25. The fourth-order valence-electron chi connectivity index (χ4n) is 4.13. The number of aryl methyl sites for hydroxylation is 2. The Hall–Kier alpha value is -4.55. The van der Waals surface area contributed by atoms with E-state index in [-0.39, 0.29) is 21.6 Å². The molecule has 3 aromatic carbocycles. The SMILES string of the molecule is Cc1ccc(N2C(=O)C(Cl)=C(Nc3ccc(C(=O)Nc4nc(-c5ccc(N([O-])O)cc5)cs4)cc3)C2=O)c(C)c1. The number of aromatic nitrogens is 1. The molecule has 1 aliphatic heterocycles. The van der Waals surface area contributed by atoms with Gasteiger partial charge in [0, 0.05) is 22.2 Å². The van der Waals surface area contributed by atoms with Crippen LogP contribution in [0, 0.1) is 19.1 Å². The van der Waals surface area contributed by atoms with Gasteiger partial charge in [0.05, 0.1) is 17.1 Å². The van der Waals surface area contributed by atoms with Gasteiger partial charge in [-0.2, -0.15) is 0 Å². The number of hydrogen-bond donors (Lipinski definition) is 3. The highest BCUT2D eigenvalue weighted by molar-refractivity contribution is 7.14. The maximum absolute atomic E-state index is 13.1. The molecule has 0 atom stereocenters. The van der Waals surface area contributed by atoms with Crippen molar-refractivity contribution in [2.75, 3.05) is 20.8 Å². The number of imide groups is 1. The molecule has 0 unspecified atom stereocenters. The quantitative estimate of drug-likeness (QED) is 0.186. The first kappa shape index (κ1) is 27.0. The molecule has 0 saturated heterocycles. The lowest BCUT2D eigenvalue weighted by Crippen LogP contribution is -2.32. The molecular weight excluding hydrogens is 554 g/mol. The van der Waals surface area contributed by atoms with Crippen molar-refractivity contribution in [3.63, 3.8) is 0 Å². The molecule has 2 heterocycles. The van der Waals surface area contributed by atoms with Crippen molar-refractivity contribution in [3.8, 4) is 11.3 Å². The van der Waals surface area contributed by atoms with Crippen molar-refractivity contribution in [1.29, 1.82) is 0 Å². The number of halogens is 1. The first-order chi connectivity index (χ1) is 19.1. The minimum absolute atomic E-state index is 0.0471. The molecule has 0 fully saturated rings. The number of rotatable bonds is 7. The second-order valence-electron chi connectivity index (χ2n) is 8.94. The summed E-state index contributed by atoms with van der Waals surface area (Å²) >= 11 is 7.48. The van der Waals surface area contributed by atoms with Gasteiger partial charge in [-0.25, -0.2) is 9.88 Å². The topological polar surface area (TPSA) is 138 Å². The van der Waals surface area contributed by atoms with Crippen LogP contribution in [0.15, 0.2) is 82.8 Å². The zero-order chi connectivity index (χ0) is 28.6. The minimum atomic E-state index is -0.614. The van der Waals surface area contributed by atoms with Gasteiger partial charge in [0.2, 0.25) is 0 Å². The summed E-state index contributed by atoms with van der Waals surface area (Å²) in [7, 11) is 0. The number of amides is 3. The number of carbonyl (C=O) groups is 3. The Bertz CT molecular complexity index is 1670. The molecule has 40 heavy (non-hydrogen) atoms. The largest absolute Gasteiger partial charge is 0.733 e. The molecular formula is C28H21ClN5O5S-. The maximum atomic E-state index is 13.1. The monoisotopic (exact) mass is 574 g/mol. The number of nitrogens with one attached hydrogen (secondary N) is 2. The zero-order valence-electron chi connectivity index (χ0n) is 21.1. The summed E-state index contributed by atoms with van der Waals surface area (Å²) in [6.07, 6.45) is 0. The molecule has 0 aliphatic carbocycles. The van der Waals surface area contributed by atoms with Crippen LogP contribution in [0.2, 0.25) is 0 Å². The molecule has 1 aromatic heterocycles. The molecule has 4 aromatic rings. The van der Waals surface area contributed by atoms with Crippen molar-refractivity contribution in [2.24, 2.45) is 0 Å². The predicted octanol–water partition coefficient (Wildman–Crippen LogP) is 5.81. The summed E-state index contributed by atoms with van der Waals surface area (Å²) in [6.45, 7) is 3.74. The van der Waals surface area contributed by atoms with Crippen molar-refractivity contribution >= 4 is 62.9 Å². The van der Waals surface area contributed by atoms with Gasteiger partial charge in [-0.05, 0) is 61.9 Å². The molecule has 12 heteroatoms. The third-order valence-electron chi connectivity index (χ3n) is 6.15. The summed E-state index contributed by atoms with van der Waals surface area (Å²) in [5.74, 6) is -1.58. The van der Waals surface area contributed by atoms with E-state index in [0.717, 1.165) is 16.0 Å². The highest BCUT2D eigenvalue weighted by Gasteiger charge is 2.39. The van der Waals surface area contributed by atoms with Crippen molar-refractivity contribution in [2.45, 2.75) is 13.8 Å². The van der Waals surface area contributed by atoms with E-state index in [1.165, 1.54) is 23.5 Å². The van der Waals surface area contributed by atoms with Crippen LogP contribution in [0.4, 0.5) is 22.2 Å². The van der Waals surface area contributed by atoms with Gasteiger partial charge >= 0.3 is 0 Å². The van der Waals surface area contributed by atoms with Crippen molar-refractivity contribution in [3.05, 3.63) is 105 Å². The first-order valence-electron chi connectivity index (χ1n) is 11.9. The number of thiazole rings is 1. The van der Waals surface area contributed by atoms with Crippen LogP contribution < -0.4 is 20.8 Å². The predicted molar refractivity (Wildman–Crippen MR) is 154 cm³/mol. The van der Waals surface area contributed by atoms with E-state index in [2.05, 4.69) is 15.6 Å². The maximum Gasteiger partial charge on any atom is 0.283 e. The number of anilines is 4. The van der Waals surface area contributed by atoms with Crippen LogP contribution in [0.25, 0.3) is 11.3 Å². The number of nitrogens with zero attached hydrogens (tertiary/aromatic N) is 3. The molecule has 202 valence electrons. The Morgan fingerprint density at radius 3 is 2.38 bits per heavy atom. The standard InChI is InChI=1S/C28H21ClN5O5S/c1-15-3-12-22(16(2)13-15)33-26(36)23(29)24(27(33)37)30-19-8-4-18(5-9-19)25(35)32-28-31-21(14-40-28)17-6-10-20(11-7-17)34(38)39/h3-14,30,38H,1-2H3,(H,31,32,35)/q-1. The van der Waals surface area contributed by atoms with Gasteiger partial charge in [0.1, 0.15) is 10.7 Å². The third-order valence-corrected chi connectivity index (χ3v) is 7.25. The molecule has 5 rings (SSSR count). The molecule has 0 bridgehead atoms. The van der Waals surface area contributed by atoms with Gasteiger partial charge in [-0.3, -0.25) is 24.9 Å². The molecule has 0 spiro atoms. The summed E-state index contributed by atoms with van der Waals surface area (Å²) in [5, 5.41) is 27.2. The van der Waals surface area contributed by atoms with Crippen molar-refractivity contribution in [1.82, 2.24) is 4.98 Å². The number of carbonyl (C=O) groups excluding carboxylic acids is 3. The Morgan fingerprint density at radius 2 is 1.73 bits per heavy atom. The molecule has 10 nitrogen and oxygen atoms in total. The lowest BCUT2D eigenvalue weighted by molar-refractivity contribution is -0.120. The average molecular weight is 575 g/mol. The minimum Gasteiger partial charge on any atom is -0.733 e. The van der Waals surface area contributed by atoms with E-state index in [1.807, 2.05) is 26.0 Å². The van der Waals surface area contributed by atoms with Crippen LogP contribution in [0.1, 0.15) is 21.5 Å². The fraction of sp³-hybridized carbons (Fsp3) is 0.0714. The van der Waals surface area contributed by atoms with E-state index >= 15 is 0 Å². The third kappa shape index (κ3) is 5.31. The highest BCUT2D eigenvalue weighted by atomic mass is 35.5. The van der Waals surface area contributed by atoms with E-state index in [9.17, 15) is 19.6 Å². The summed E-state index contributed by atoms with van der Waals surface area (Å²) in [6, 6.07) is 17.9. The molecule has 0 radical (unpaired) electrons. The lowest BCUT2D eigenvalue weighted by Gasteiger charge is -2.21. The molecule has 3 N–H and O–H groups in total. The van der Waals surface area contributed by atoms with Crippen LogP contribution in [-0.2, 0) is 9.59 Å². The second-order valence-corrected chi connectivity index (χ2v) is 10.2. The summed E-state index contributed by atoms with van der Waals surface area (Å²) < 4.78 is 0. The number of hydrogen-bond acceptors (Lipinski definition) is 9. The molecule has 0 saturated carbocycles. The van der Waals surface area contributed by atoms with Crippen LogP contribution in [-0.4, -0.2) is 27.9 Å². The second kappa shape index (κ2) is 10.9. The Kier molecular flexibility index (Phi) is 7.37. The fourth-order valence-corrected chi connectivity index (χ4v) is 5.06. The lowest BCUT2D eigenvalue weighted by atomic mass is 10.1. The number of benzene rings is 3. The van der Waals surface area contributed by atoms with E-state index in [1.54, 1.807) is 47.8 Å². The van der Waals surface area contributed by atoms with Gasteiger partial charge < -0.3 is 15.8 Å². The summed E-state index contributed by atoms with van der Waals surface area (Å²) in [5.41, 5.74) is 4.39. The van der Waals surface area contributed by atoms with Crippen LogP contribution >= 0.6 is 22.9 Å². The summed E-state index contributed by atoms with van der Waals surface area (Å²) in [4.78, 5) is 44.1. The van der Waals surface area contributed by atoms with Crippen LogP contribution in [0.5, 0.6) is 0 Å². The van der Waals surface area contributed by atoms with Gasteiger partial charge in [-0.1, -0.05) is 41.4 Å².